The summed E-state index contributed by atoms with van der Waals surface area (Å²) in [4.78, 5) is 15.7. The topological polar surface area (TPSA) is 54.0 Å². The van der Waals surface area contributed by atoms with Crippen molar-refractivity contribution in [1.82, 2.24) is 15.6 Å². The molecule has 1 aromatic rings. The zero-order chi connectivity index (χ0) is 10.5. The van der Waals surface area contributed by atoms with E-state index >= 15 is 0 Å². The van der Waals surface area contributed by atoms with E-state index in [4.69, 9.17) is 0 Å². The van der Waals surface area contributed by atoms with Crippen molar-refractivity contribution in [2.45, 2.75) is 18.9 Å². The van der Waals surface area contributed by atoms with E-state index in [0.29, 0.717) is 12.5 Å². The molecule has 1 aliphatic rings. The van der Waals surface area contributed by atoms with Crippen LogP contribution in [-0.4, -0.2) is 30.0 Å². The number of carbonyl (C=O) groups excluding carboxylic acids is 1. The standard InChI is InChI=1S/C11H15N3O/c15-11(14-10-4-6-12-8-10)7-9-3-1-2-5-13-9/h1-3,5,10,12H,4,6-8H2,(H,14,15). The van der Waals surface area contributed by atoms with E-state index in [2.05, 4.69) is 15.6 Å². The fourth-order valence-corrected chi connectivity index (χ4v) is 1.72. The Labute approximate surface area is 89.1 Å². The minimum absolute atomic E-state index is 0.0578. The predicted molar refractivity (Wildman–Crippen MR) is 57.4 cm³/mol. The number of aromatic nitrogens is 1. The van der Waals surface area contributed by atoms with Gasteiger partial charge in [-0.05, 0) is 25.1 Å². The Balaban J connectivity index is 1.82. The first kappa shape index (κ1) is 10.1. The van der Waals surface area contributed by atoms with Gasteiger partial charge in [-0.2, -0.15) is 0 Å². The summed E-state index contributed by atoms with van der Waals surface area (Å²) in [5, 5.41) is 6.20. The number of nitrogens with one attached hydrogen (secondary N) is 2. The Morgan fingerprint density at radius 3 is 3.20 bits per heavy atom. The van der Waals surface area contributed by atoms with Crippen LogP contribution in [-0.2, 0) is 11.2 Å². The first-order valence-corrected chi connectivity index (χ1v) is 5.24. The Morgan fingerprint density at radius 1 is 1.60 bits per heavy atom. The van der Waals surface area contributed by atoms with Crippen LogP contribution < -0.4 is 10.6 Å². The third kappa shape index (κ3) is 3.02. The van der Waals surface area contributed by atoms with Gasteiger partial charge in [0.15, 0.2) is 0 Å². The average Bonchev–Trinajstić information content (AvgIpc) is 2.71. The first-order chi connectivity index (χ1) is 7.34. The Hall–Kier alpha value is -1.42. The van der Waals surface area contributed by atoms with E-state index in [1.807, 2.05) is 18.2 Å². The highest BCUT2D eigenvalue weighted by molar-refractivity contribution is 5.78. The van der Waals surface area contributed by atoms with Crippen molar-refractivity contribution in [3.05, 3.63) is 30.1 Å². The normalized spacial score (nSPS) is 20.1. The largest absolute Gasteiger partial charge is 0.352 e. The Morgan fingerprint density at radius 2 is 2.53 bits per heavy atom. The molecule has 0 aromatic carbocycles. The lowest BCUT2D eigenvalue weighted by atomic mass is 10.2. The van der Waals surface area contributed by atoms with Crippen LogP contribution in [0, 0.1) is 0 Å². The molecule has 80 valence electrons. The first-order valence-electron chi connectivity index (χ1n) is 5.24. The summed E-state index contributed by atoms with van der Waals surface area (Å²) in [6, 6.07) is 5.91. The molecule has 2 rings (SSSR count). The van der Waals surface area contributed by atoms with Gasteiger partial charge in [-0.25, -0.2) is 0 Å². The molecule has 1 aliphatic heterocycles. The van der Waals surface area contributed by atoms with E-state index in [1.165, 1.54) is 0 Å². The molecule has 0 saturated carbocycles. The SMILES string of the molecule is O=C(Cc1ccccn1)NC1CCNC1. The number of nitrogens with zero attached hydrogens (tertiary/aromatic N) is 1. The predicted octanol–water partition coefficient (Wildman–Crippen LogP) is 0.102. The van der Waals surface area contributed by atoms with Gasteiger partial charge in [-0.15, -0.1) is 0 Å². The van der Waals surface area contributed by atoms with Gasteiger partial charge in [0.05, 0.1) is 6.42 Å². The summed E-state index contributed by atoms with van der Waals surface area (Å²) in [5.41, 5.74) is 0.820. The minimum atomic E-state index is 0.0578. The van der Waals surface area contributed by atoms with Crippen LogP contribution in [0.25, 0.3) is 0 Å². The van der Waals surface area contributed by atoms with E-state index in [9.17, 15) is 4.79 Å². The van der Waals surface area contributed by atoms with Crippen LogP contribution in [0.4, 0.5) is 0 Å². The van der Waals surface area contributed by atoms with Crippen molar-refractivity contribution in [3.63, 3.8) is 0 Å². The fraction of sp³-hybridized carbons (Fsp3) is 0.455. The van der Waals surface area contributed by atoms with Crippen LogP contribution in [0.5, 0.6) is 0 Å². The molecule has 0 bridgehead atoms. The molecule has 2 heterocycles. The highest BCUT2D eigenvalue weighted by Gasteiger charge is 2.16. The van der Waals surface area contributed by atoms with Crippen LogP contribution in [0.15, 0.2) is 24.4 Å². The van der Waals surface area contributed by atoms with Crippen LogP contribution in [0.1, 0.15) is 12.1 Å². The van der Waals surface area contributed by atoms with Gasteiger partial charge >= 0.3 is 0 Å². The van der Waals surface area contributed by atoms with Crippen molar-refractivity contribution in [2.75, 3.05) is 13.1 Å². The number of carbonyl (C=O) groups is 1. The summed E-state index contributed by atoms with van der Waals surface area (Å²) >= 11 is 0. The van der Waals surface area contributed by atoms with Crippen molar-refractivity contribution in [1.29, 1.82) is 0 Å². The molecule has 1 unspecified atom stereocenters. The van der Waals surface area contributed by atoms with Crippen LogP contribution in [0.3, 0.4) is 0 Å². The molecule has 15 heavy (non-hydrogen) atoms. The highest BCUT2D eigenvalue weighted by Crippen LogP contribution is 1.99. The molecule has 2 N–H and O–H groups in total. The van der Waals surface area contributed by atoms with Gasteiger partial charge in [-0.1, -0.05) is 6.07 Å². The maximum absolute atomic E-state index is 11.6. The van der Waals surface area contributed by atoms with E-state index in [1.54, 1.807) is 6.20 Å². The molecular formula is C11H15N3O. The Kier molecular flexibility index (Phi) is 3.29. The maximum atomic E-state index is 11.6. The summed E-state index contributed by atoms with van der Waals surface area (Å²) in [6.07, 6.45) is 3.10. The maximum Gasteiger partial charge on any atom is 0.226 e. The van der Waals surface area contributed by atoms with Crippen molar-refractivity contribution in [3.8, 4) is 0 Å². The summed E-state index contributed by atoms with van der Waals surface area (Å²) in [6.45, 7) is 1.88. The second kappa shape index (κ2) is 4.89. The lowest BCUT2D eigenvalue weighted by Crippen LogP contribution is -2.37. The molecule has 1 aromatic heterocycles. The summed E-state index contributed by atoms with van der Waals surface area (Å²) < 4.78 is 0. The van der Waals surface area contributed by atoms with Gasteiger partial charge in [0.1, 0.15) is 0 Å². The molecule has 1 fully saturated rings. The monoisotopic (exact) mass is 205 g/mol. The second-order valence-corrected chi connectivity index (χ2v) is 3.76. The van der Waals surface area contributed by atoms with E-state index in [-0.39, 0.29) is 5.91 Å². The fourth-order valence-electron chi connectivity index (χ4n) is 1.72. The Bertz CT molecular complexity index is 320. The van der Waals surface area contributed by atoms with Crippen molar-refractivity contribution in [2.24, 2.45) is 0 Å². The lowest BCUT2D eigenvalue weighted by molar-refractivity contribution is -0.121. The van der Waals surface area contributed by atoms with Crippen molar-refractivity contribution < 1.29 is 4.79 Å². The molecule has 0 radical (unpaired) electrons. The van der Waals surface area contributed by atoms with Crippen molar-refractivity contribution >= 4 is 5.91 Å². The second-order valence-electron chi connectivity index (χ2n) is 3.76. The molecule has 4 nitrogen and oxygen atoms in total. The zero-order valence-corrected chi connectivity index (χ0v) is 8.57. The van der Waals surface area contributed by atoms with Gasteiger partial charge < -0.3 is 10.6 Å². The third-order valence-electron chi connectivity index (χ3n) is 2.49. The number of rotatable bonds is 3. The van der Waals surface area contributed by atoms with E-state index in [0.717, 1.165) is 25.2 Å². The van der Waals surface area contributed by atoms with Gasteiger partial charge in [0, 0.05) is 24.5 Å². The molecule has 1 saturated heterocycles. The van der Waals surface area contributed by atoms with Crippen LogP contribution >= 0.6 is 0 Å². The quantitative estimate of drug-likeness (QED) is 0.736. The summed E-state index contributed by atoms with van der Waals surface area (Å²) in [7, 11) is 0. The number of hydrogen-bond donors (Lipinski definition) is 2. The molecule has 1 amide bonds. The molecule has 1 atom stereocenters. The highest BCUT2D eigenvalue weighted by atomic mass is 16.1. The third-order valence-corrected chi connectivity index (χ3v) is 2.49. The molecule has 0 aliphatic carbocycles. The molecule has 0 spiro atoms. The molecule has 4 heteroatoms. The van der Waals surface area contributed by atoms with Gasteiger partial charge in [0.2, 0.25) is 5.91 Å². The minimum Gasteiger partial charge on any atom is -0.352 e. The molecular weight excluding hydrogens is 190 g/mol. The lowest BCUT2D eigenvalue weighted by Gasteiger charge is -2.10. The number of pyridine rings is 1. The number of hydrogen-bond acceptors (Lipinski definition) is 3. The van der Waals surface area contributed by atoms with Gasteiger partial charge in [0.25, 0.3) is 0 Å². The van der Waals surface area contributed by atoms with Gasteiger partial charge in [-0.3, -0.25) is 9.78 Å². The van der Waals surface area contributed by atoms with Crippen LogP contribution in [0.2, 0.25) is 0 Å². The zero-order valence-electron chi connectivity index (χ0n) is 8.57. The summed E-state index contributed by atoms with van der Waals surface area (Å²) in [5.74, 6) is 0.0578. The smallest absolute Gasteiger partial charge is 0.226 e. The number of amides is 1. The average molecular weight is 205 g/mol. The van der Waals surface area contributed by atoms with E-state index < -0.39 is 0 Å².